The lowest BCUT2D eigenvalue weighted by atomic mass is 10.4. The van der Waals surface area contributed by atoms with Gasteiger partial charge in [0.05, 0.1) is 6.54 Å². The topological polar surface area (TPSA) is 83.1 Å². The average Bonchev–Trinajstić information content (AvgIpc) is 2.48. The van der Waals surface area contributed by atoms with Crippen LogP contribution in [0.2, 0.25) is 0 Å². The zero-order valence-corrected chi connectivity index (χ0v) is 6.66. The lowest BCUT2D eigenvalue weighted by molar-refractivity contribution is -0.166. The highest BCUT2D eigenvalue weighted by molar-refractivity contribution is 5.62. The van der Waals surface area contributed by atoms with Crippen molar-refractivity contribution in [3.8, 4) is 0 Å². The maximum Gasteiger partial charge on any atom is 0.194 e. The van der Waals surface area contributed by atoms with Crippen LogP contribution in [0.15, 0.2) is 11.3 Å². The van der Waals surface area contributed by atoms with Crippen LogP contribution in [0.3, 0.4) is 0 Å². The van der Waals surface area contributed by atoms with E-state index >= 15 is 0 Å². The second kappa shape index (κ2) is 3.04. The molecular formula is C6H8N4O3. The second-order valence-electron chi connectivity index (χ2n) is 2.44. The summed E-state index contributed by atoms with van der Waals surface area (Å²) in [7, 11) is 0. The molecule has 0 radical (unpaired) electrons. The predicted molar refractivity (Wildman–Crippen MR) is 41.3 cm³/mol. The SMILES string of the molecule is OCON1C=Nc2c(ncn2O)C1. The van der Waals surface area contributed by atoms with Crippen molar-refractivity contribution in [3.05, 3.63) is 12.0 Å². The lowest BCUT2D eigenvalue weighted by Gasteiger charge is -2.19. The largest absolute Gasteiger partial charge is 0.425 e. The first-order chi connectivity index (χ1) is 6.31. The lowest BCUT2D eigenvalue weighted by Crippen LogP contribution is -2.25. The van der Waals surface area contributed by atoms with Crippen LogP contribution in [0, 0.1) is 0 Å². The third-order valence-electron chi connectivity index (χ3n) is 1.64. The Balaban J connectivity index is 2.20. The number of nitrogens with zero attached hydrogens (tertiary/aromatic N) is 4. The highest BCUT2D eigenvalue weighted by Crippen LogP contribution is 2.21. The number of imidazole rings is 1. The van der Waals surface area contributed by atoms with Gasteiger partial charge in [-0.3, -0.25) is 0 Å². The quantitative estimate of drug-likeness (QED) is 0.477. The third kappa shape index (κ3) is 1.34. The van der Waals surface area contributed by atoms with E-state index in [1.54, 1.807) is 0 Å². The predicted octanol–water partition coefficient (Wildman–Crippen LogP) is -0.523. The van der Waals surface area contributed by atoms with Crippen LogP contribution in [0.25, 0.3) is 0 Å². The summed E-state index contributed by atoms with van der Waals surface area (Å²) < 4.78 is 0.835. The highest BCUT2D eigenvalue weighted by Gasteiger charge is 2.17. The average molecular weight is 184 g/mol. The normalized spacial score (nSPS) is 14.7. The molecule has 1 aliphatic rings. The molecule has 2 rings (SSSR count). The van der Waals surface area contributed by atoms with Gasteiger partial charge in [-0.05, 0) is 0 Å². The van der Waals surface area contributed by atoms with E-state index in [2.05, 4.69) is 9.98 Å². The number of aliphatic imine (C=N–C) groups is 1. The van der Waals surface area contributed by atoms with Gasteiger partial charge < -0.3 is 10.3 Å². The fourth-order valence-electron chi connectivity index (χ4n) is 1.07. The summed E-state index contributed by atoms with van der Waals surface area (Å²) in [4.78, 5) is 12.5. The zero-order valence-electron chi connectivity index (χ0n) is 6.66. The summed E-state index contributed by atoms with van der Waals surface area (Å²) in [5, 5.41) is 18.9. The van der Waals surface area contributed by atoms with Gasteiger partial charge in [0.2, 0.25) is 0 Å². The van der Waals surface area contributed by atoms with Gasteiger partial charge >= 0.3 is 0 Å². The fourth-order valence-corrected chi connectivity index (χ4v) is 1.07. The van der Waals surface area contributed by atoms with Crippen LogP contribution in [0.5, 0.6) is 0 Å². The molecule has 1 aromatic rings. The van der Waals surface area contributed by atoms with Gasteiger partial charge in [0.25, 0.3) is 0 Å². The molecule has 0 fully saturated rings. The van der Waals surface area contributed by atoms with E-state index in [4.69, 9.17) is 15.2 Å². The van der Waals surface area contributed by atoms with Crippen molar-refractivity contribution in [3.63, 3.8) is 0 Å². The molecule has 7 nitrogen and oxygen atoms in total. The number of aliphatic hydroxyl groups excluding tert-OH is 1. The van der Waals surface area contributed by atoms with Crippen molar-refractivity contribution in [1.29, 1.82) is 0 Å². The first kappa shape index (κ1) is 8.02. The van der Waals surface area contributed by atoms with E-state index in [0.717, 1.165) is 4.73 Å². The molecule has 0 saturated carbocycles. The van der Waals surface area contributed by atoms with Crippen molar-refractivity contribution < 1.29 is 15.2 Å². The molecule has 0 bridgehead atoms. The Bertz CT molecular complexity index is 335. The Labute approximate surface area is 73.4 Å². The van der Waals surface area contributed by atoms with Crippen molar-refractivity contribution >= 4 is 12.2 Å². The van der Waals surface area contributed by atoms with E-state index < -0.39 is 6.79 Å². The minimum absolute atomic E-state index is 0.354. The molecule has 7 heteroatoms. The molecule has 0 aliphatic carbocycles. The molecule has 2 N–H and O–H groups in total. The van der Waals surface area contributed by atoms with Crippen molar-refractivity contribution in [2.24, 2.45) is 4.99 Å². The van der Waals surface area contributed by atoms with Crippen molar-refractivity contribution in [1.82, 2.24) is 14.8 Å². The second-order valence-corrected chi connectivity index (χ2v) is 2.44. The van der Waals surface area contributed by atoms with Gasteiger partial charge in [-0.25, -0.2) is 19.9 Å². The smallest absolute Gasteiger partial charge is 0.194 e. The molecule has 2 heterocycles. The molecule has 1 aromatic heterocycles. The van der Waals surface area contributed by atoms with Crippen LogP contribution in [-0.2, 0) is 11.4 Å². The monoisotopic (exact) mass is 184 g/mol. The molecule has 0 atom stereocenters. The Morgan fingerprint density at radius 2 is 2.46 bits per heavy atom. The number of aromatic nitrogens is 2. The van der Waals surface area contributed by atoms with Gasteiger partial charge in [-0.1, -0.05) is 0 Å². The maximum absolute atomic E-state index is 9.14. The van der Waals surface area contributed by atoms with Gasteiger partial charge in [0, 0.05) is 0 Å². The Morgan fingerprint density at radius 1 is 1.62 bits per heavy atom. The fraction of sp³-hybridized carbons (Fsp3) is 0.333. The van der Waals surface area contributed by atoms with E-state index in [9.17, 15) is 0 Å². The van der Waals surface area contributed by atoms with Crippen LogP contribution in [0.1, 0.15) is 5.69 Å². The van der Waals surface area contributed by atoms with Gasteiger partial charge in [0.15, 0.2) is 12.6 Å². The van der Waals surface area contributed by atoms with E-state index in [1.165, 1.54) is 17.7 Å². The number of hydrogen-bond acceptors (Lipinski definition) is 6. The molecule has 0 amide bonds. The van der Waals surface area contributed by atoms with Crippen LogP contribution in [0.4, 0.5) is 5.82 Å². The first-order valence-electron chi connectivity index (χ1n) is 3.61. The molecule has 0 unspecified atom stereocenters. The number of aliphatic hydroxyl groups is 1. The summed E-state index contributed by atoms with van der Waals surface area (Å²) in [6.07, 6.45) is 2.62. The highest BCUT2D eigenvalue weighted by atomic mass is 16.7. The Morgan fingerprint density at radius 3 is 3.23 bits per heavy atom. The molecule has 13 heavy (non-hydrogen) atoms. The molecule has 0 spiro atoms. The van der Waals surface area contributed by atoms with Gasteiger partial charge in [-0.15, -0.1) is 0 Å². The van der Waals surface area contributed by atoms with Crippen LogP contribution >= 0.6 is 0 Å². The summed E-state index contributed by atoms with van der Waals surface area (Å²) in [6, 6.07) is 0. The number of rotatable bonds is 2. The van der Waals surface area contributed by atoms with Gasteiger partial charge in [-0.2, -0.15) is 4.73 Å². The Hall–Kier alpha value is -1.60. The Kier molecular flexibility index (Phi) is 1.87. The number of hydrogen-bond donors (Lipinski definition) is 2. The molecular weight excluding hydrogens is 176 g/mol. The molecule has 70 valence electrons. The minimum atomic E-state index is -0.415. The van der Waals surface area contributed by atoms with Crippen molar-refractivity contribution in [2.45, 2.75) is 6.54 Å². The summed E-state index contributed by atoms with van der Waals surface area (Å²) >= 11 is 0. The third-order valence-corrected chi connectivity index (χ3v) is 1.64. The molecule has 1 aliphatic heterocycles. The standard InChI is InChI=1S/C6H8N4O3/c11-4-13-9-1-5-6(8-2-9)10(12)3-7-5/h2-3,11-12H,1,4H2. The van der Waals surface area contributed by atoms with Crippen molar-refractivity contribution in [2.75, 3.05) is 6.79 Å². The van der Waals surface area contributed by atoms with Crippen LogP contribution in [-0.4, -0.2) is 38.2 Å². The summed E-state index contributed by atoms with van der Waals surface area (Å²) in [5.74, 6) is 0.387. The van der Waals surface area contributed by atoms with Crippen LogP contribution < -0.4 is 0 Å². The number of fused-ring (bicyclic) bond motifs is 1. The van der Waals surface area contributed by atoms with E-state index in [0.29, 0.717) is 18.1 Å². The van der Waals surface area contributed by atoms with Gasteiger partial charge in [0.1, 0.15) is 18.4 Å². The summed E-state index contributed by atoms with van der Waals surface area (Å²) in [6.45, 7) is -0.0614. The number of hydroxylamine groups is 2. The first-order valence-corrected chi connectivity index (χ1v) is 3.61. The summed E-state index contributed by atoms with van der Waals surface area (Å²) in [5.41, 5.74) is 0.596. The van der Waals surface area contributed by atoms with E-state index in [-0.39, 0.29) is 0 Å². The van der Waals surface area contributed by atoms with E-state index in [1.807, 2.05) is 0 Å². The molecule has 0 aromatic carbocycles. The maximum atomic E-state index is 9.14. The molecule has 0 saturated heterocycles. The zero-order chi connectivity index (χ0) is 9.26. The minimum Gasteiger partial charge on any atom is -0.425 e.